The summed E-state index contributed by atoms with van der Waals surface area (Å²) in [7, 11) is 2.87. The Labute approximate surface area is 159 Å². The van der Waals surface area contributed by atoms with Crippen molar-refractivity contribution >= 4 is 17.3 Å². The first kappa shape index (κ1) is 20.7. The van der Waals surface area contributed by atoms with Crippen LogP contribution in [0.5, 0.6) is 11.5 Å². The van der Waals surface area contributed by atoms with Crippen LogP contribution >= 0.6 is 0 Å². The third kappa shape index (κ3) is 4.56. The summed E-state index contributed by atoms with van der Waals surface area (Å²) in [6, 6.07) is 1.61. The van der Waals surface area contributed by atoms with Crippen LogP contribution in [0.2, 0.25) is 0 Å². The molecule has 0 heterocycles. The quantitative estimate of drug-likeness (QED) is 0.281. The summed E-state index contributed by atoms with van der Waals surface area (Å²) >= 11 is 0. The number of allylic oxidation sites excluding steroid dienone is 2. The molecule has 1 aromatic rings. The molecular weight excluding hydrogens is 346 g/mol. The van der Waals surface area contributed by atoms with Crippen LogP contribution in [0, 0.1) is 0 Å². The summed E-state index contributed by atoms with van der Waals surface area (Å²) in [5.74, 6) is -0.136. The summed E-state index contributed by atoms with van der Waals surface area (Å²) in [6.07, 6.45) is 9.62. The van der Waals surface area contributed by atoms with Gasteiger partial charge in [0.25, 0.3) is 0 Å². The van der Waals surface area contributed by atoms with Crippen molar-refractivity contribution in [2.75, 3.05) is 14.2 Å². The van der Waals surface area contributed by atoms with E-state index < -0.39 is 0 Å². The molecule has 6 nitrogen and oxygen atoms in total. The van der Waals surface area contributed by atoms with Gasteiger partial charge in [-0.2, -0.15) is 0 Å². The van der Waals surface area contributed by atoms with E-state index in [9.17, 15) is 14.8 Å². The van der Waals surface area contributed by atoms with Crippen molar-refractivity contribution in [1.29, 1.82) is 0 Å². The minimum atomic E-state index is -0.335. The van der Waals surface area contributed by atoms with Gasteiger partial charge in [0.1, 0.15) is 11.5 Å². The second-order valence-corrected chi connectivity index (χ2v) is 6.54. The zero-order valence-corrected chi connectivity index (χ0v) is 16.2. The Hall–Kier alpha value is -2.63. The fourth-order valence-corrected chi connectivity index (χ4v) is 3.34. The number of nitrogens with zero attached hydrogens (tertiary/aromatic N) is 1. The molecule has 0 radical (unpaired) electrons. The second kappa shape index (κ2) is 9.90. The monoisotopic (exact) mass is 373 g/mol. The van der Waals surface area contributed by atoms with E-state index in [2.05, 4.69) is 12.1 Å². The standard InChI is InChI=1S/C21H27NO5/c1-4-5-6-7-8-9-10-15(22-25)14-13-18(26-2)19-16(23)11-12-17(24)20(19)21(14)27-3/h11-13,25H,4-10H2,1-3H3/b22-15-. The van der Waals surface area contributed by atoms with E-state index in [-0.39, 0.29) is 34.2 Å². The average Bonchev–Trinajstić information content (AvgIpc) is 2.69. The molecule has 0 saturated heterocycles. The zero-order chi connectivity index (χ0) is 19.8. The minimum Gasteiger partial charge on any atom is -0.496 e. The van der Waals surface area contributed by atoms with Gasteiger partial charge in [0.15, 0.2) is 11.6 Å². The van der Waals surface area contributed by atoms with E-state index in [1.54, 1.807) is 6.07 Å². The molecule has 0 bridgehead atoms. The molecule has 0 amide bonds. The van der Waals surface area contributed by atoms with Crippen LogP contribution in [-0.2, 0) is 0 Å². The van der Waals surface area contributed by atoms with E-state index in [0.717, 1.165) is 19.3 Å². The maximum absolute atomic E-state index is 12.4. The van der Waals surface area contributed by atoms with Gasteiger partial charge in [0.05, 0.1) is 31.1 Å². The summed E-state index contributed by atoms with van der Waals surface area (Å²) in [6.45, 7) is 2.17. The molecule has 0 atom stereocenters. The molecule has 27 heavy (non-hydrogen) atoms. The summed E-state index contributed by atoms with van der Waals surface area (Å²) in [4.78, 5) is 24.7. The third-order valence-electron chi connectivity index (χ3n) is 4.75. The number of ether oxygens (including phenoxy) is 2. The third-order valence-corrected chi connectivity index (χ3v) is 4.75. The van der Waals surface area contributed by atoms with Crippen LogP contribution in [0.1, 0.15) is 78.1 Å². The topological polar surface area (TPSA) is 85.2 Å². The molecule has 0 aromatic heterocycles. The number of unbranched alkanes of at least 4 members (excludes halogenated alkanes) is 5. The van der Waals surface area contributed by atoms with E-state index >= 15 is 0 Å². The number of fused-ring (bicyclic) bond motifs is 1. The van der Waals surface area contributed by atoms with Crippen LogP contribution in [0.25, 0.3) is 0 Å². The Morgan fingerprint density at radius 1 is 0.963 bits per heavy atom. The molecule has 0 spiro atoms. The van der Waals surface area contributed by atoms with E-state index in [1.165, 1.54) is 45.6 Å². The smallest absolute Gasteiger partial charge is 0.190 e. The van der Waals surface area contributed by atoms with Crippen molar-refractivity contribution in [3.63, 3.8) is 0 Å². The molecule has 0 aliphatic heterocycles. The van der Waals surface area contributed by atoms with Gasteiger partial charge in [-0.25, -0.2) is 0 Å². The van der Waals surface area contributed by atoms with Crippen LogP contribution in [0.4, 0.5) is 0 Å². The normalized spacial score (nSPS) is 13.7. The molecule has 0 saturated carbocycles. The minimum absolute atomic E-state index is 0.156. The summed E-state index contributed by atoms with van der Waals surface area (Å²) in [5, 5.41) is 13.0. The molecule has 1 aliphatic rings. The maximum Gasteiger partial charge on any atom is 0.190 e. The van der Waals surface area contributed by atoms with E-state index in [0.29, 0.717) is 17.7 Å². The Morgan fingerprint density at radius 2 is 1.59 bits per heavy atom. The molecule has 0 fully saturated rings. The second-order valence-electron chi connectivity index (χ2n) is 6.54. The lowest BCUT2D eigenvalue weighted by molar-refractivity contribution is 0.0989. The number of carbonyl (C=O) groups excluding carboxylic acids is 2. The SMILES string of the molecule is CCCCCCCC/C(=N/O)c1cc(OC)c2c(c1OC)C(=O)C=CC2=O. The van der Waals surface area contributed by atoms with Crippen LogP contribution in [-0.4, -0.2) is 36.7 Å². The Balaban J connectivity index is 2.34. The highest BCUT2D eigenvalue weighted by molar-refractivity contribution is 6.25. The Bertz CT molecular complexity index is 764. The van der Waals surface area contributed by atoms with Crippen molar-refractivity contribution in [2.45, 2.75) is 51.9 Å². The number of hydrogen-bond donors (Lipinski definition) is 1. The number of benzene rings is 1. The van der Waals surface area contributed by atoms with Gasteiger partial charge in [-0.1, -0.05) is 44.2 Å². The first-order valence-corrected chi connectivity index (χ1v) is 9.36. The zero-order valence-electron chi connectivity index (χ0n) is 16.2. The van der Waals surface area contributed by atoms with Crippen molar-refractivity contribution in [3.05, 3.63) is 34.9 Å². The molecule has 0 unspecified atom stereocenters. The van der Waals surface area contributed by atoms with Gasteiger partial charge >= 0.3 is 0 Å². The fourth-order valence-electron chi connectivity index (χ4n) is 3.34. The first-order valence-electron chi connectivity index (χ1n) is 9.36. The highest BCUT2D eigenvalue weighted by Gasteiger charge is 2.31. The van der Waals surface area contributed by atoms with Crippen molar-refractivity contribution in [1.82, 2.24) is 0 Å². The molecule has 6 heteroatoms. The molecule has 1 aromatic carbocycles. The van der Waals surface area contributed by atoms with Crippen molar-refractivity contribution in [3.8, 4) is 11.5 Å². The number of hydrogen-bond acceptors (Lipinski definition) is 6. The van der Waals surface area contributed by atoms with Gasteiger partial charge in [0.2, 0.25) is 0 Å². The van der Waals surface area contributed by atoms with Gasteiger partial charge in [0, 0.05) is 5.56 Å². The number of rotatable bonds is 10. The van der Waals surface area contributed by atoms with Crippen LogP contribution < -0.4 is 9.47 Å². The van der Waals surface area contributed by atoms with E-state index in [4.69, 9.17) is 9.47 Å². The van der Waals surface area contributed by atoms with Crippen molar-refractivity contribution < 1.29 is 24.3 Å². The Morgan fingerprint density at radius 3 is 2.19 bits per heavy atom. The predicted octanol–water partition coefficient (Wildman–Crippen LogP) is 4.57. The number of carbonyl (C=O) groups is 2. The van der Waals surface area contributed by atoms with Gasteiger partial charge in [-0.05, 0) is 31.1 Å². The van der Waals surface area contributed by atoms with Gasteiger partial charge < -0.3 is 14.7 Å². The van der Waals surface area contributed by atoms with Gasteiger partial charge in [-0.3, -0.25) is 9.59 Å². The highest BCUT2D eigenvalue weighted by Crippen LogP contribution is 2.38. The lowest BCUT2D eigenvalue weighted by atomic mass is 9.88. The molecule has 1 N–H and O–H groups in total. The Kier molecular flexibility index (Phi) is 7.58. The fraction of sp³-hybridized carbons (Fsp3) is 0.476. The maximum atomic E-state index is 12.4. The predicted molar refractivity (Wildman–Crippen MR) is 104 cm³/mol. The molecule has 2 rings (SSSR count). The summed E-state index contributed by atoms with van der Waals surface area (Å²) in [5.41, 5.74) is 1.23. The number of methoxy groups -OCH3 is 2. The highest BCUT2D eigenvalue weighted by atomic mass is 16.5. The first-order chi connectivity index (χ1) is 13.1. The van der Waals surface area contributed by atoms with Crippen LogP contribution in [0.3, 0.4) is 0 Å². The lowest BCUT2D eigenvalue weighted by Gasteiger charge is -2.20. The summed E-state index contributed by atoms with van der Waals surface area (Å²) < 4.78 is 10.8. The number of ketones is 2. The van der Waals surface area contributed by atoms with E-state index in [1.807, 2.05) is 0 Å². The lowest BCUT2D eigenvalue weighted by Crippen LogP contribution is -2.17. The average molecular weight is 373 g/mol. The molecule has 1 aliphatic carbocycles. The van der Waals surface area contributed by atoms with Crippen molar-refractivity contribution in [2.24, 2.45) is 5.16 Å². The largest absolute Gasteiger partial charge is 0.496 e. The number of oxime groups is 1. The van der Waals surface area contributed by atoms with Crippen LogP contribution in [0.15, 0.2) is 23.4 Å². The molecule has 146 valence electrons. The van der Waals surface area contributed by atoms with Gasteiger partial charge in [-0.15, -0.1) is 0 Å². The molecular formula is C21H27NO5.